The van der Waals surface area contributed by atoms with Crippen molar-refractivity contribution in [2.24, 2.45) is 0 Å². The highest BCUT2D eigenvalue weighted by atomic mass is 32.2. The second-order valence-corrected chi connectivity index (χ2v) is 13.4. The largest absolute Gasteiger partial charge is 0.497 e. The van der Waals surface area contributed by atoms with Crippen molar-refractivity contribution in [2.75, 3.05) is 37.9 Å². The lowest BCUT2D eigenvalue weighted by Crippen LogP contribution is -2.45. The standard InChI is InChI=1S/C29H37FN4O4S2/c1-33(2)26-8-6-5-7-24(26)32-25-17-23(30)28(16-22(25)19-9-10-19)40(35,36)34(29-31-13-14-39-29)18-20-11-12-21(37-3)15-27(20)38-4/h11-17,19,24,26,32H,5-10,18H2,1-4H3/t24-,26-/m0/s1. The summed E-state index contributed by atoms with van der Waals surface area (Å²) >= 11 is 1.18. The lowest BCUT2D eigenvalue weighted by Gasteiger charge is -2.37. The van der Waals surface area contributed by atoms with Gasteiger partial charge in [0.2, 0.25) is 0 Å². The number of methoxy groups -OCH3 is 2. The summed E-state index contributed by atoms with van der Waals surface area (Å²) in [5.41, 5.74) is 2.18. The number of likely N-dealkylation sites (N-methyl/N-ethyl adjacent to an activating group) is 1. The van der Waals surface area contributed by atoms with E-state index in [0.717, 1.165) is 42.0 Å². The van der Waals surface area contributed by atoms with Crippen molar-refractivity contribution in [2.45, 2.75) is 68.0 Å². The molecular formula is C29H37FN4O4S2. The maximum atomic E-state index is 15.9. The number of nitrogens with zero attached hydrogens (tertiary/aromatic N) is 3. The Morgan fingerprint density at radius 1 is 1.07 bits per heavy atom. The average Bonchev–Trinajstić information content (AvgIpc) is 3.64. The maximum Gasteiger partial charge on any atom is 0.269 e. The van der Waals surface area contributed by atoms with Crippen LogP contribution >= 0.6 is 11.3 Å². The lowest BCUT2D eigenvalue weighted by atomic mass is 9.89. The molecule has 0 bridgehead atoms. The number of thiazole rings is 1. The molecule has 0 unspecified atom stereocenters. The third kappa shape index (κ3) is 5.91. The number of benzene rings is 2. The Balaban J connectivity index is 1.53. The molecule has 216 valence electrons. The molecule has 2 aromatic carbocycles. The fourth-order valence-electron chi connectivity index (χ4n) is 5.57. The highest BCUT2D eigenvalue weighted by molar-refractivity contribution is 7.93. The predicted molar refractivity (Wildman–Crippen MR) is 157 cm³/mol. The second kappa shape index (κ2) is 11.9. The number of hydrogen-bond acceptors (Lipinski definition) is 8. The number of rotatable bonds is 11. The van der Waals surface area contributed by atoms with Crippen molar-refractivity contribution < 1.29 is 22.3 Å². The van der Waals surface area contributed by atoms with Gasteiger partial charge in [0.05, 0.1) is 20.8 Å². The number of nitrogens with one attached hydrogen (secondary N) is 1. The van der Waals surface area contributed by atoms with E-state index in [1.807, 2.05) is 0 Å². The van der Waals surface area contributed by atoms with Crippen LogP contribution in [0.1, 0.15) is 55.6 Å². The Hall–Kier alpha value is -2.89. The van der Waals surface area contributed by atoms with E-state index in [1.165, 1.54) is 37.1 Å². The van der Waals surface area contributed by atoms with E-state index in [1.54, 1.807) is 36.8 Å². The molecule has 3 aromatic rings. The number of halogens is 1. The van der Waals surface area contributed by atoms with E-state index in [4.69, 9.17) is 9.47 Å². The second-order valence-electron chi connectivity index (χ2n) is 10.7. The first-order valence-corrected chi connectivity index (χ1v) is 15.9. The quantitative estimate of drug-likeness (QED) is 0.301. The normalized spacial score (nSPS) is 19.4. The molecule has 5 rings (SSSR count). The van der Waals surface area contributed by atoms with Crippen molar-refractivity contribution in [3.8, 4) is 11.5 Å². The van der Waals surface area contributed by atoms with E-state index in [2.05, 4.69) is 29.3 Å². The molecule has 0 amide bonds. The monoisotopic (exact) mass is 588 g/mol. The number of hydrogen-bond donors (Lipinski definition) is 1. The minimum atomic E-state index is -4.31. The molecule has 2 aliphatic rings. The number of ether oxygens (including phenoxy) is 2. The van der Waals surface area contributed by atoms with Gasteiger partial charge < -0.3 is 19.7 Å². The van der Waals surface area contributed by atoms with E-state index in [0.29, 0.717) is 28.8 Å². The van der Waals surface area contributed by atoms with Crippen LogP contribution in [-0.2, 0) is 16.6 Å². The summed E-state index contributed by atoms with van der Waals surface area (Å²) in [5, 5.41) is 5.57. The fourth-order valence-corrected chi connectivity index (χ4v) is 7.92. The minimum absolute atomic E-state index is 0.0756. The molecule has 0 aliphatic heterocycles. The summed E-state index contributed by atoms with van der Waals surface area (Å²) in [6, 6.07) is 8.63. The highest BCUT2D eigenvalue weighted by Gasteiger charge is 2.36. The molecule has 0 saturated heterocycles. The summed E-state index contributed by atoms with van der Waals surface area (Å²) < 4.78 is 56.2. The van der Waals surface area contributed by atoms with Crippen LogP contribution in [0.15, 0.2) is 46.8 Å². The molecule has 0 spiro atoms. The van der Waals surface area contributed by atoms with Gasteiger partial charge in [-0.15, -0.1) is 11.3 Å². The topological polar surface area (TPSA) is 84.0 Å². The molecule has 2 saturated carbocycles. The van der Waals surface area contributed by atoms with Gasteiger partial charge in [-0.2, -0.15) is 0 Å². The van der Waals surface area contributed by atoms with Gasteiger partial charge in [0.15, 0.2) is 5.13 Å². The van der Waals surface area contributed by atoms with Crippen LogP contribution in [0.25, 0.3) is 0 Å². The van der Waals surface area contributed by atoms with Crippen LogP contribution in [0.2, 0.25) is 0 Å². The molecule has 2 fully saturated rings. The zero-order chi connectivity index (χ0) is 28.4. The summed E-state index contributed by atoms with van der Waals surface area (Å²) in [7, 11) is 2.91. The number of aromatic nitrogens is 1. The smallest absolute Gasteiger partial charge is 0.269 e. The van der Waals surface area contributed by atoms with Gasteiger partial charge in [0.1, 0.15) is 22.2 Å². The summed E-state index contributed by atoms with van der Waals surface area (Å²) in [6.07, 6.45) is 7.83. The Bertz CT molecular complexity index is 1430. The Morgan fingerprint density at radius 3 is 2.50 bits per heavy atom. The van der Waals surface area contributed by atoms with E-state index in [9.17, 15) is 8.42 Å². The van der Waals surface area contributed by atoms with Crippen molar-refractivity contribution in [1.29, 1.82) is 0 Å². The van der Waals surface area contributed by atoms with Gasteiger partial charge in [-0.3, -0.25) is 0 Å². The molecule has 40 heavy (non-hydrogen) atoms. The minimum Gasteiger partial charge on any atom is -0.497 e. The van der Waals surface area contributed by atoms with Crippen molar-refractivity contribution in [3.05, 3.63) is 58.9 Å². The Labute approximate surface area is 240 Å². The molecule has 11 heteroatoms. The SMILES string of the molecule is COc1ccc(CN(c2nccs2)S(=O)(=O)c2cc(C3CC3)c(N[C@H]3CCCC[C@@H]3N(C)C)cc2F)c(OC)c1. The summed E-state index contributed by atoms with van der Waals surface area (Å²) in [6.45, 7) is -0.0756. The van der Waals surface area contributed by atoms with Gasteiger partial charge >= 0.3 is 0 Å². The molecule has 8 nitrogen and oxygen atoms in total. The first kappa shape index (κ1) is 28.6. The number of sulfonamides is 1. The first-order valence-electron chi connectivity index (χ1n) is 13.6. The van der Waals surface area contributed by atoms with Gasteiger partial charge in [-0.05, 0) is 75.5 Å². The first-order chi connectivity index (χ1) is 19.2. The van der Waals surface area contributed by atoms with Crippen LogP contribution in [0.5, 0.6) is 11.5 Å². The van der Waals surface area contributed by atoms with Gasteiger partial charge in [0, 0.05) is 41.0 Å². The third-order valence-electron chi connectivity index (χ3n) is 7.86. The molecule has 2 aliphatic carbocycles. The molecule has 1 N–H and O–H groups in total. The van der Waals surface area contributed by atoms with Crippen molar-refractivity contribution in [1.82, 2.24) is 9.88 Å². The van der Waals surface area contributed by atoms with Crippen molar-refractivity contribution >= 4 is 32.2 Å². The number of anilines is 2. The zero-order valence-corrected chi connectivity index (χ0v) is 25.0. The molecule has 1 heterocycles. The van der Waals surface area contributed by atoms with Crippen LogP contribution < -0.4 is 19.1 Å². The fraction of sp³-hybridized carbons (Fsp3) is 0.483. The molecule has 0 radical (unpaired) electrons. The third-order valence-corrected chi connectivity index (χ3v) is 10.5. The summed E-state index contributed by atoms with van der Waals surface area (Å²) in [5.74, 6) is 0.500. The van der Waals surface area contributed by atoms with E-state index < -0.39 is 15.8 Å². The average molecular weight is 589 g/mol. The molecular weight excluding hydrogens is 551 g/mol. The maximum absolute atomic E-state index is 15.9. The molecule has 1 aromatic heterocycles. The Morgan fingerprint density at radius 2 is 1.85 bits per heavy atom. The van der Waals surface area contributed by atoms with Gasteiger partial charge in [0.25, 0.3) is 10.0 Å². The van der Waals surface area contributed by atoms with Crippen LogP contribution in [0.3, 0.4) is 0 Å². The van der Waals surface area contributed by atoms with Gasteiger partial charge in [-0.1, -0.05) is 12.8 Å². The van der Waals surface area contributed by atoms with E-state index >= 15 is 4.39 Å². The predicted octanol–water partition coefficient (Wildman–Crippen LogP) is 5.86. The van der Waals surface area contributed by atoms with E-state index in [-0.39, 0.29) is 28.5 Å². The van der Waals surface area contributed by atoms with Crippen LogP contribution in [0.4, 0.5) is 15.2 Å². The summed E-state index contributed by atoms with van der Waals surface area (Å²) in [4.78, 5) is 6.16. The molecule has 2 atom stereocenters. The van der Waals surface area contributed by atoms with Gasteiger partial charge in [-0.25, -0.2) is 22.1 Å². The Kier molecular flexibility index (Phi) is 8.53. The zero-order valence-electron chi connectivity index (χ0n) is 23.4. The van der Waals surface area contributed by atoms with Crippen LogP contribution in [-0.4, -0.2) is 58.7 Å². The lowest BCUT2D eigenvalue weighted by molar-refractivity contribution is 0.211. The highest BCUT2D eigenvalue weighted by Crippen LogP contribution is 2.46. The van der Waals surface area contributed by atoms with Crippen molar-refractivity contribution in [3.63, 3.8) is 0 Å². The van der Waals surface area contributed by atoms with Crippen LogP contribution in [0, 0.1) is 5.82 Å².